The average molecular weight is 314 g/mol. The van der Waals surface area contributed by atoms with E-state index in [0.717, 1.165) is 26.2 Å². The Morgan fingerprint density at radius 1 is 1.33 bits per heavy atom. The fourth-order valence-electron chi connectivity index (χ4n) is 1.92. The molecule has 2 rings (SSSR count). The number of hydrogen-bond donors (Lipinski definition) is 2. The van der Waals surface area contributed by atoms with Crippen LogP contribution < -0.4 is 5.43 Å². The summed E-state index contributed by atoms with van der Waals surface area (Å²) in [5.74, 6) is -0.931. The van der Waals surface area contributed by atoms with Crippen molar-refractivity contribution in [2.24, 2.45) is 0 Å². The monoisotopic (exact) mass is 313 g/mol. The SMILES string of the molecule is CN1CCN(Nc2cccc(Br)c2C(=O)O)CC1. The van der Waals surface area contributed by atoms with Gasteiger partial charge in [-0.1, -0.05) is 6.07 Å². The smallest absolute Gasteiger partial charge is 0.339 e. The lowest BCUT2D eigenvalue weighted by Crippen LogP contribution is -2.47. The number of aromatic carboxylic acids is 1. The van der Waals surface area contributed by atoms with Crippen LogP contribution in [0, 0.1) is 0 Å². The van der Waals surface area contributed by atoms with Crippen molar-refractivity contribution in [2.75, 3.05) is 38.7 Å². The lowest BCUT2D eigenvalue weighted by atomic mass is 10.2. The molecule has 1 fully saturated rings. The molecular weight excluding hydrogens is 298 g/mol. The van der Waals surface area contributed by atoms with Crippen LogP contribution in [0.4, 0.5) is 5.69 Å². The van der Waals surface area contributed by atoms with Crippen molar-refractivity contribution < 1.29 is 9.90 Å². The Bertz CT molecular complexity index is 445. The number of carboxylic acid groups (broad SMARTS) is 1. The van der Waals surface area contributed by atoms with Gasteiger partial charge in [-0.15, -0.1) is 0 Å². The van der Waals surface area contributed by atoms with E-state index < -0.39 is 5.97 Å². The molecule has 1 aromatic rings. The van der Waals surface area contributed by atoms with Crippen molar-refractivity contribution in [2.45, 2.75) is 0 Å². The third-order valence-corrected chi connectivity index (χ3v) is 3.67. The van der Waals surface area contributed by atoms with Crippen LogP contribution in [0.1, 0.15) is 10.4 Å². The zero-order valence-corrected chi connectivity index (χ0v) is 11.8. The van der Waals surface area contributed by atoms with Gasteiger partial charge in [0.25, 0.3) is 0 Å². The van der Waals surface area contributed by atoms with E-state index in [1.165, 1.54) is 0 Å². The molecule has 0 atom stereocenters. The van der Waals surface area contributed by atoms with E-state index in [9.17, 15) is 9.90 Å². The molecule has 0 unspecified atom stereocenters. The average Bonchev–Trinajstić information content (AvgIpc) is 2.32. The molecule has 98 valence electrons. The Labute approximate surface area is 114 Å². The highest BCUT2D eigenvalue weighted by atomic mass is 79.9. The Morgan fingerprint density at radius 3 is 2.61 bits per heavy atom. The van der Waals surface area contributed by atoms with Crippen LogP contribution in [0.3, 0.4) is 0 Å². The number of benzene rings is 1. The Kier molecular flexibility index (Phi) is 4.21. The molecule has 0 spiro atoms. The fourth-order valence-corrected chi connectivity index (χ4v) is 2.46. The number of halogens is 1. The van der Waals surface area contributed by atoms with Crippen LogP contribution in [-0.4, -0.2) is 54.2 Å². The molecule has 0 aliphatic carbocycles. The van der Waals surface area contributed by atoms with E-state index in [1.807, 2.05) is 11.1 Å². The third-order valence-electron chi connectivity index (χ3n) is 3.01. The number of carboxylic acids is 1. The minimum absolute atomic E-state index is 0.274. The van der Waals surface area contributed by atoms with Crippen molar-refractivity contribution in [3.05, 3.63) is 28.2 Å². The normalized spacial score (nSPS) is 17.7. The van der Waals surface area contributed by atoms with E-state index in [4.69, 9.17) is 0 Å². The molecule has 0 aromatic heterocycles. The van der Waals surface area contributed by atoms with Crippen LogP contribution in [0.25, 0.3) is 0 Å². The van der Waals surface area contributed by atoms with Crippen molar-refractivity contribution in [3.8, 4) is 0 Å². The van der Waals surface area contributed by atoms with Gasteiger partial charge in [0.2, 0.25) is 0 Å². The summed E-state index contributed by atoms with van der Waals surface area (Å²) in [6, 6.07) is 5.35. The molecular formula is C12H16BrN3O2. The maximum atomic E-state index is 11.2. The van der Waals surface area contributed by atoms with Gasteiger partial charge in [-0.25, -0.2) is 9.80 Å². The van der Waals surface area contributed by atoms with E-state index >= 15 is 0 Å². The van der Waals surface area contributed by atoms with Crippen LogP contribution in [-0.2, 0) is 0 Å². The van der Waals surface area contributed by atoms with Crippen LogP contribution in [0.5, 0.6) is 0 Å². The van der Waals surface area contributed by atoms with Crippen LogP contribution in [0.2, 0.25) is 0 Å². The van der Waals surface area contributed by atoms with Gasteiger partial charge < -0.3 is 15.4 Å². The first kappa shape index (κ1) is 13.3. The molecule has 1 aliphatic rings. The molecule has 1 aromatic carbocycles. The summed E-state index contributed by atoms with van der Waals surface area (Å²) in [6.45, 7) is 3.71. The van der Waals surface area contributed by atoms with Gasteiger partial charge in [0.1, 0.15) is 0 Å². The number of nitrogens with zero attached hydrogens (tertiary/aromatic N) is 2. The van der Waals surface area contributed by atoms with Crippen molar-refractivity contribution in [1.82, 2.24) is 9.91 Å². The summed E-state index contributed by atoms with van der Waals surface area (Å²) in [5, 5.41) is 11.3. The molecule has 18 heavy (non-hydrogen) atoms. The summed E-state index contributed by atoms with van der Waals surface area (Å²) in [4.78, 5) is 13.5. The van der Waals surface area contributed by atoms with Gasteiger partial charge in [-0.2, -0.15) is 0 Å². The van der Waals surface area contributed by atoms with E-state index in [-0.39, 0.29) is 5.56 Å². The number of likely N-dealkylation sites (N-methyl/N-ethyl adjacent to an activating group) is 1. The second kappa shape index (κ2) is 5.69. The lowest BCUT2D eigenvalue weighted by Gasteiger charge is -2.33. The zero-order valence-electron chi connectivity index (χ0n) is 10.2. The van der Waals surface area contributed by atoms with Gasteiger partial charge in [-0.05, 0) is 35.1 Å². The fraction of sp³-hybridized carbons (Fsp3) is 0.417. The van der Waals surface area contributed by atoms with Crippen molar-refractivity contribution in [1.29, 1.82) is 0 Å². The molecule has 0 amide bonds. The summed E-state index contributed by atoms with van der Waals surface area (Å²) in [6.07, 6.45) is 0. The summed E-state index contributed by atoms with van der Waals surface area (Å²) in [7, 11) is 2.08. The van der Waals surface area contributed by atoms with E-state index in [1.54, 1.807) is 12.1 Å². The number of anilines is 1. The highest BCUT2D eigenvalue weighted by Crippen LogP contribution is 2.25. The van der Waals surface area contributed by atoms with Crippen molar-refractivity contribution in [3.63, 3.8) is 0 Å². The van der Waals surface area contributed by atoms with Crippen molar-refractivity contribution >= 4 is 27.6 Å². The summed E-state index contributed by atoms with van der Waals surface area (Å²) >= 11 is 3.27. The Morgan fingerprint density at radius 2 is 2.00 bits per heavy atom. The predicted octanol–water partition coefficient (Wildman–Crippen LogP) is 1.72. The minimum atomic E-state index is -0.931. The number of nitrogens with one attached hydrogen (secondary N) is 1. The van der Waals surface area contributed by atoms with Gasteiger partial charge >= 0.3 is 5.97 Å². The third kappa shape index (κ3) is 3.01. The number of hydrogen-bond acceptors (Lipinski definition) is 4. The molecule has 0 bridgehead atoms. The number of carbonyl (C=O) groups is 1. The molecule has 1 heterocycles. The second-order valence-electron chi connectivity index (χ2n) is 4.37. The van der Waals surface area contributed by atoms with Gasteiger partial charge in [-0.3, -0.25) is 0 Å². The topological polar surface area (TPSA) is 55.8 Å². The van der Waals surface area contributed by atoms with Gasteiger partial charge in [0, 0.05) is 30.7 Å². The molecule has 2 N–H and O–H groups in total. The highest BCUT2D eigenvalue weighted by Gasteiger charge is 2.18. The van der Waals surface area contributed by atoms with E-state index in [2.05, 4.69) is 33.3 Å². The van der Waals surface area contributed by atoms with Crippen LogP contribution >= 0.6 is 15.9 Å². The molecule has 0 radical (unpaired) electrons. The zero-order chi connectivity index (χ0) is 13.1. The number of piperazine rings is 1. The quantitative estimate of drug-likeness (QED) is 0.890. The Hall–Kier alpha value is -1.11. The molecule has 1 aliphatic heterocycles. The Balaban J connectivity index is 2.14. The standard InChI is InChI=1S/C12H16BrN3O2/c1-15-5-7-16(8-6-15)14-10-4-2-3-9(13)11(10)12(17)18/h2-4,14H,5-8H2,1H3,(H,17,18). The molecule has 1 saturated heterocycles. The summed E-state index contributed by atoms with van der Waals surface area (Å²) in [5.41, 5.74) is 4.09. The largest absolute Gasteiger partial charge is 0.478 e. The summed E-state index contributed by atoms with van der Waals surface area (Å²) < 4.78 is 0.592. The van der Waals surface area contributed by atoms with Crippen LogP contribution in [0.15, 0.2) is 22.7 Å². The minimum Gasteiger partial charge on any atom is -0.478 e. The molecule has 6 heteroatoms. The predicted molar refractivity (Wildman–Crippen MR) is 73.8 cm³/mol. The van der Waals surface area contributed by atoms with Gasteiger partial charge in [0.05, 0.1) is 11.3 Å². The first-order valence-corrected chi connectivity index (χ1v) is 6.59. The van der Waals surface area contributed by atoms with E-state index in [0.29, 0.717) is 10.2 Å². The lowest BCUT2D eigenvalue weighted by molar-refractivity contribution is 0.0696. The highest BCUT2D eigenvalue weighted by molar-refractivity contribution is 9.10. The maximum Gasteiger partial charge on any atom is 0.339 e. The first-order chi connectivity index (χ1) is 8.58. The number of rotatable bonds is 3. The first-order valence-electron chi connectivity index (χ1n) is 5.80. The molecule has 0 saturated carbocycles. The van der Waals surface area contributed by atoms with Gasteiger partial charge in [0.15, 0.2) is 0 Å². The second-order valence-corrected chi connectivity index (χ2v) is 5.22. The number of hydrazine groups is 1. The maximum absolute atomic E-state index is 11.2. The molecule has 5 nitrogen and oxygen atoms in total.